The molecular formula is C42H30. The number of rotatable bonds is 2. The van der Waals surface area contributed by atoms with Gasteiger partial charge in [-0.05, 0) is 101 Å². The summed E-state index contributed by atoms with van der Waals surface area (Å²) in [5, 5.41) is 5.29. The first kappa shape index (κ1) is 23.7. The van der Waals surface area contributed by atoms with Crippen molar-refractivity contribution in [2.75, 3.05) is 0 Å². The Bertz CT molecular complexity index is 2270. The van der Waals surface area contributed by atoms with Crippen molar-refractivity contribution in [3.05, 3.63) is 144 Å². The maximum atomic E-state index is 2.49. The number of hydrogen-bond donors (Lipinski definition) is 0. The summed E-state index contributed by atoms with van der Waals surface area (Å²) < 4.78 is 0. The fourth-order valence-electron chi connectivity index (χ4n) is 7.99. The van der Waals surface area contributed by atoms with Crippen LogP contribution in [0.25, 0.3) is 77.2 Å². The molecule has 0 aromatic heterocycles. The van der Waals surface area contributed by atoms with Gasteiger partial charge in [0, 0.05) is 5.41 Å². The van der Waals surface area contributed by atoms with Crippen LogP contribution in [0.5, 0.6) is 0 Å². The van der Waals surface area contributed by atoms with Crippen molar-refractivity contribution in [3.8, 4) is 55.6 Å². The lowest BCUT2D eigenvalue weighted by Gasteiger charge is -2.24. The third kappa shape index (κ3) is 3.02. The third-order valence-electron chi connectivity index (χ3n) is 9.84. The number of fused-ring (bicyclic) bond motifs is 7. The first-order valence-electron chi connectivity index (χ1n) is 15.0. The predicted octanol–water partition coefficient (Wildman–Crippen LogP) is 11.6. The molecule has 0 fully saturated rings. The van der Waals surface area contributed by atoms with E-state index in [9.17, 15) is 0 Å². The van der Waals surface area contributed by atoms with E-state index in [4.69, 9.17) is 0 Å². The summed E-state index contributed by atoms with van der Waals surface area (Å²) in [5.41, 5.74) is 17.5. The van der Waals surface area contributed by atoms with Gasteiger partial charge in [0.25, 0.3) is 0 Å². The monoisotopic (exact) mass is 534 g/mol. The largest absolute Gasteiger partial charge is 0.0619 e. The number of benzene rings is 7. The minimum absolute atomic E-state index is 0.0502. The van der Waals surface area contributed by atoms with Crippen molar-refractivity contribution in [1.29, 1.82) is 0 Å². The minimum atomic E-state index is -0.0502. The van der Waals surface area contributed by atoms with Crippen molar-refractivity contribution < 1.29 is 0 Å². The second kappa shape index (κ2) is 8.30. The number of hydrogen-bond acceptors (Lipinski definition) is 0. The average molecular weight is 535 g/mol. The Labute approximate surface area is 246 Å². The van der Waals surface area contributed by atoms with Crippen LogP contribution in [0.2, 0.25) is 0 Å². The van der Waals surface area contributed by atoms with Crippen LogP contribution in [-0.4, -0.2) is 0 Å². The van der Waals surface area contributed by atoms with Gasteiger partial charge in [0.15, 0.2) is 0 Å². The van der Waals surface area contributed by atoms with Crippen LogP contribution < -0.4 is 0 Å². The lowest BCUT2D eigenvalue weighted by Crippen LogP contribution is -2.14. The van der Waals surface area contributed by atoms with Gasteiger partial charge >= 0.3 is 0 Å². The smallest absolute Gasteiger partial charge is 0.0159 e. The second-order valence-electron chi connectivity index (χ2n) is 12.6. The van der Waals surface area contributed by atoms with Gasteiger partial charge < -0.3 is 0 Å². The van der Waals surface area contributed by atoms with E-state index >= 15 is 0 Å². The molecule has 0 nitrogen and oxygen atoms in total. The van der Waals surface area contributed by atoms with E-state index in [-0.39, 0.29) is 5.41 Å². The van der Waals surface area contributed by atoms with Gasteiger partial charge in [-0.2, -0.15) is 0 Å². The van der Waals surface area contributed by atoms with Crippen LogP contribution in [0.15, 0.2) is 127 Å². The lowest BCUT2D eigenvalue weighted by molar-refractivity contribution is 0.660. The molecule has 0 bridgehead atoms. The summed E-state index contributed by atoms with van der Waals surface area (Å²) in [4.78, 5) is 0. The highest BCUT2D eigenvalue weighted by Gasteiger charge is 2.36. The summed E-state index contributed by atoms with van der Waals surface area (Å²) in [6.45, 7) is 6.95. The van der Waals surface area contributed by atoms with Crippen molar-refractivity contribution in [2.45, 2.75) is 26.2 Å². The second-order valence-corrected chi connectivity index (χ2v) is 12.6. The van der Waals surface area contributed by atoms with Crippen LogP contribution in [0.4, 0.5) is 0 Å². The third-order valence-corrected chi connectivity index (χ3v) is 9.84. The Morgan fingerprint density at radius 1 is 0.429 bits per heavy atom. The molecule has 0 saturated carbocycles. The molecule has 0 heteroatoms. The van der Waals surface area contributed by atoms with Gasteiger partial charge in [-0.15, -0.1) is 0 Å². The molecule has 0 heterocycles. The fraction of sp³-hybridized carbons (Fsp3) is 0.0952. The molecule has 0 radical (unpaired) electrons. The molecule has 0 N–H and O–H groups in total. The predicted molar refractivity (Wildman–Crippen MR) is 179 cm³/mol. The molecule has 0 saturated heterocycles. The zero-order chi connectivity index (χ0) is 28.2. The van der Waals surface area contributed by atoms with Gasteiger partial charge in [0.1, 0.15) is 0 Å². The van der Waals surface area contributed by atoms with Crippen molar-refractivity contribution in [2.24, 2.45) is 0 Å². The first-order valence-corrected chi connectivity index (χ1v) is 15.0. The molecule has 0 atom stereocenters. The molecule has 7 aromatic carbocycles. The summed E-state index contributed by atoms with van der Waals surface area (Å²) in [5.74, 6) is 0. The zero-order valence-electron chi connectivity index (χ0n) is 24.1. The molecule has 0 aliphatic heterocycles. The summed E-state index contributed by atoms with van der Waals surface area (Å²) in [6.07, 6.45) is 0. The molecule has 0 spiro atoms. The molecule has 2 aliphatic carbocycles. The molecule has 42 heavy (non-hydrogen) atoms. The Hall–Kier alpha value is -4.94. The van der Waals surface area contributed by atoms with Gasteiger partial charge in [0.05, 0.1) is 0 Å². The Morgan fingerprint density at radius 2 is 1.00 bits per heavy atom. The van der Waals surface area contributed by atoms with Gasteiger partial charge in [-0.25, -0.2) is 0 Å². The molecule has 7 aromatic rings. The molecule has 198 valence electrons. The summed E-state index contributed by atoms with van der Waals surface area (Å²) in [7, 11) is 0. The molecular weight excluding hydrogens is 504 g/mol. The van der Waals surface area contributed by atoms with Crippen molar-refractivity contribution >= 4 is 21.5 Å². The maximum Gasteiger partial charge on any atom is 0.0159 e. The van der Waals surface area contributed by atoms with Crippen LogP contribution in [0.3, 0.4) is 0 Å². The van der Waals surface area contributed by atoms with E-state index < -0.39 is 0 Å². The average Bonchev–Trinajstić information content (AvgIpc) is 3.46. The Morgan fingerprint density at radius 3 is 1.69 bits per heavy atom. The topological polar surface area (TPSA) is 0 Å². The molecule has 2 aliphatic rings. The van der Waals surface area contributed by atoms with E-state index in [1.807, 2.05) is 0 Å². The standard InChI is InChI=1S/C42H30/c1-25-11-8-14-27(23-25)38-31-16-4-5-17-32(31)39(41-34-19-10-13-26-12-9-18-33(37(26)34)40(38)41)28-21-22-30-29-15-6-7-20-35(29)42(2,3)36(30)24-28/h4-24H,1-3H3. The highest BCUT2D eigenvalue weighted by molar-refractivity contribution is 6.27. The van der Waals surface area contributed by atoms with Crippen molar-refractivity contribution in [1.82, 2.24) is 0 Å². The van der Waals surface area contributed by atoms with E-state index in [2.05, 4.69) is 148 Å². The maximum absolute atomic E-state index is 2.49. The van der Waals surface area contributed by atoms with E-state index in [1.54, 1.807) is 0 Å². The molecule has 0 unspecified atom stereocenters. The van der Waals surface area contributed by atoms with E-state index in [0.29, 0.717) is 0 Å². The minimum Gasteiger partial charge on any atom is -0.0619 e. The van der Waals surface area contributed by atoms with Crippen LogP contribution in [-0.2, 0) is 5.41 Å². The summed E-state index contributed by atoms with van der Waals surface area (Å²) in [6, 6.07) is 47.9. The molecule has 9 rings (SSSR count). The summed E-state index contributed by atoms with van der Waals surface area (Å²) >= 11 is 0. The van der Waals surface area contributed by atoms with Crippen LogP contribution >= 0.6 is 0 Å². The normalized spacial score (nSPS) is 13.8. The van der Waals surface area contributed by atoms with Gasteiger partial charge in [0.2, 0.25) is 0 Å². The zero-order valence-corrected chi connectivity index (χ0v) is 24.1. The highest BCUT2D eigenvalue weighted by Crippen LogP contribution is 2.58. The van der Waals surface area contributed by atoms with E-state index in [0.717, 1.165) is 0 Å². The van der Waals surface area contributed by atoms with Gasteiger partial charge in [-0.1, -0.05) is 141 Å². The SMILES string of the molecule is Cc1cccc(-c2c3c(c(-c4ccc5c(c4)C(C)(C)c4ccccc4-5)c4ccccc24)-c2cccc4cccc-3c24)c1. The quantitative estimate of drug-likeness (QED) is 0.207. The van der Waals surface area contributed by atoms with Crippen LogP contribution in [0.1, 0.15) is 30.5 Å². The van der Waals surface area contributed by atoms with Gasteiger partial charge in [-0.3, -0.25) is 0 Å². The van der Waals surface area contributed by atoms with Crippen molar-refractivity contribution in [3.63, 3.8) is 0 Å². The van der Waals surface area contributed by atoms with E-state index in [1.165, 1.54) is 93.9 Å². The Balaban J connectivity index is 1.45. The lowest BCUT2D eigenvalue weighted by atomic mass is 9.79. The first-order chi connectivity index (χ1) is 20.5. The highest BCUT2D eigenvalue weighted by atomic mass is 14.4. The molecule has 0 amide bonds. The van der Waals surface area contributed by atoms with Crippen LogP contribution in [0, 0.1) is 6.92 Å². The Kier molecular flexibility index (Phi) is 4.69. The number of aryl methyl sites for hydroxylation is 1. The fourth-order valence-corrected chi connectivity index (χ4v) is 7.99.